The van der Waals surface area contributed by atoms with E-state index in [1.165, 1.54) is 6.07 Å². The van der Waals surface area contributed by atoms with Gasteiger partial charge in [0, 0.05) is 23.0 Å². The molecule has 2 rings (SSSR count). The SMILES string of the molecule is N#CCCCCNc1cccc(C(=O)Nc2c(Br)cc(C(F)(C(F)(F)F)C(F)(F)F)cc2C(F)(F)F)c1F. The number of hydrogen-bond donors (Lipinski definition) is 2. The monoisotopic (exact) mass is 625 g/mol. The first-order chi connectivity index (χ1) is 17.4. The Kier molecular flexibility index (Phi) is 9.29. The molecule has 0 atom stereocenters. The van der Waals surface area contributed by atoms with Crippen LogP contribution < -0.4 is 10.6 Å². The van der Waals surface area contributed by atoms with Crippen LogP contribution in [0.1, 0.15) is 40.7 Å². The van der Waals surface area contributed by atoms with E-state index >= 15 is 0 Å². The molecule has 0 heterocycles. The van der Waals surface area contributed by atoms with E-state index in [2.05, 4.69) is 21.2 Å². The zero-order valence-electron chi connectivity index (χ0n) is 18.6. The third-order valence-electron chi connectivity index (χ3n) is 5.09. The summed E-state index contributed by atoms with van der Waals surface area (Å²) in [6.07, 6.45) is -17.9. The number of nitrogens with one attached hydrogen (secondary N) is 2. The minimum atomic E-state index is -6.69. The molecule has 0 fully saturated rings. The van der Waals surface area contributed by atoms with E-state index in [1.807, 2.05) is 6.07 Å². The summed E-state index contributed by atoms with van der Waals surface area (Å²) in [6.45, 7) is 0.165. The molecule has 2 aromatic rings. The summed E-state index contributed by atoms with van der Waals surface area (Å²) < 4.78 is 148. The maximum Gasteiger partial charge on any atom is 0.435 e. The number of amides is 1. The molecule has 2 N–H and O–H groups in total. The minimum absolute atomic E-state index is 0.165. The van der Waals surface area contributed by atoms with E-state index in [0.29, 0.717) is 12.8 Å². The van der Waals surface area contributed by atoms with Crippen LogP contribution in [0.3, 0.4) is 0 Å². The normalized spacial score (nSPS) is 12.7. The summed E-state index contributed by atoms with van der Waals surface area (Å²) in [6, 6.07) is 4.18. The molecule has 1 amide bonds. The van der Waals surface area contributed by atoms with Gasteiger partial charge in [-0.3, -0.25) is 4.79 Å². The van der Waals surface area contributed by atoms with Crippen molar-refractivity contribution in [3.8, 4) is 6.07 Å². The number of carbonyl (C=O) groups excluding carboxylic acids is 1. The first kappa shape index (κ1) is 31.1. The highest BCUT2D eigenvalue weighted by Crippen LogP contribution is 2.55. The molecule has 0 saturated carbocycles. The van der Waals surface area contributed by atoms with Crippen LogP contribution in [-0.4, -0.2) is 24.8 Å². The number of benzene rings is 2. The van der Waals surface area contributed by atoms with E-state index in [9.17, 15) is 53.1 Å². The van der Waals surface area contributed by atoms with Gasteiger partial charge in [0.2, 0.25) is 0 Å². The van der Waals surface area contributed by atoms with Gasteiger partial charge in [-0.05, 0) is 53.0 Å². The molecule has 0 aliphatic carbocycles. The van der Waals surface area contributed by atoms with Gasteiger partial charge in [0.15, 0.2) is 5.82 Å². The molecule has 208 valence electrons. The number of rotatable bonds is 8. The molecule has 0 aliphatic heterocycles. The summed E-state index contributed by atoms with van der Waals surface area (Å²) >= 11 is 2.36. The molecular formula is C22H15BrF11N3O. The Balaban J connectivity index is 2.52. The molecule has 0 aliphatic rings. The fraction of sp³-hybridized carbons (Fsp3) is 0.364. The second kappa shape index (κ2) is 11.3. The Morgan fingerprint density at radius 2 is 1.55 bits per heavy atom. The third kappa shape index (κ3) is 6.48. The van der Waals surface area contributed by atoms with Crippen LogP contribution in [0.2, 0.25) is 0 Å². The van der Waals surface area contributed by atoms with Crippen molar-refractivity contribution < 1.29 is 53.1 Å². The number of alkyl halides is 10. The second-order valence-electron chi connectivity index (χ2n) is 7.70. The highest BCUT2D eigenvalue weighted by Gasteiger charge is 2.73. The van der Waals surface area contributed by atoms with Crippen molar-refractivity contribution in [3.63, 3.8) is 0 Å². The maximum absolute atomic E-state index is 14.8. The van der Waals surface area contributed by atoms with Crippen LogP contribution in [0.4, 0.5) is 59.7 Å². The highest BCUT2D eigenvalue weighted by molar-refractivity contribution is 9.10. The number of unbranched alkanes of at least 4 members (excludes halogenated alkanes) is 2. The van der Waals surface area contributed by atoms with Gasteiger partial charge >= 0.3 is 24.2 Å². The van der Waals surface area contributed by atoms with E-state index in [-0.39, 0.29) is 24.7 Å². The van der Waals surface area contributed by atoms with Gasteiger partial charge in [-0.2, -0.15) is 44.8 Å². The number of halogens is 12. The standard InChI is InChI=1S/C22H15BrF11N3O/c23-14-10-11(19(25,21(29,30)31)22(32,33)34)9-13(20(26,27)28)17(14)37-18(38)12-5-4-6-15(16(12)24)36-8-3-1-2-7-35/h4-6,9-10,36H,1-3,8H2,(H,37,38). The molecule has 4 nitrogen and oxygen atoms in total. The summed E-state index contributed by atoms with van der Waals surface area (Å²) in [5, 5.41) is 12.7. The number of nitriles is 1. The molecule has 0 bridgehead atoms. The quantitative estimate of drug-likeness (QED) is 0.229. The fourth-order valence-electron chi connectivity index (χ4n) is 3.22. The van der Waals surface area contributed by atoms with Crippen molar-refractivity contribution in [1.29, 1.82) is 5.26 Å². The number of carbonyl (C=O) groups is 1. The second-order valence-corrected chi connectivity index (χ2v) is 8.55. The van der Waals surface area contributed by atoms with Crippen molar-refractivity contribution in [1.82, 2.24) is 0 Å². The molecule has 38 heavy (non-hydrogen) atoms. The predicted molar refractivity (Wildman–Crippen MR) is 116 cm³/mol. The molecule has 0 spiro atoms. The van der Waals surface area contributed by atoms with Crippen LogP contribution in [0.15, 0.2) is 34.8 Å². The lowest BCUT2D eigenvalue weighted by atomic mass is 9.92. The highest BCUT2D eigenvalue weighted by atomic mass is 79.9. The number of nitrogens with zero attached hydrogens (tertiary/aromatic N) is 1. The van der Waals surface area contributed by atoms with Crippen LogP contribution >= 0.6 is 15.9 Å². The van der Waals surface area contributed by atoms with Gasteiger partial charge in [0.1, 0.15) is 0 Å². The van der Waals surface area contributed by atoms with E-state index < -0.39 is 68.8 Å². The largest absolute Gasteiger partial charge is 0.435 e. The number of anilines is 2. The number of hydrogen-bond acceptors (Lipinski definition) is 3. The van der Waals surface area contributed by atoms with E-state index in [4.69, 9.17) is 5.26 Å². The smallest absolute Gasteiger partial charge is 0.383 e. The minimum Gasteiger partial charge on any atom is -0.383 e. The molecule has 0 unspecified atom stereocenters. The van der Waals surface area contributed by atoms with Gasteiger partial charge in [-0.1, -0.05) is 6.07 Å². The topological polar surface area (TPSA) is 64.9 Å². The average Bonchev–Trinajstić information content (AvgIpc) is 2.78. The zero-order chi connectivity index (χ0) is 29.1. The summed E-state index contributed by atoms with van der Waals surface area (Å²) in [7, 11) is 0. The lowest BCUT2D eigenvalue weighted by Gasteiger charge is -2.31. The first-order valence-electron chi connectivity index (χ1n) is 10.3. The Bertz CT molecular complexity index is 1200. The van der Waals surface area contributed by atoms with Crippen molar-refractivity contribution in [2.24, 2.45) is 0 Å². The van der Waals surface area contributed by atoms with Crippen molar-refractivity contribution in [2.75, 3.05) is 17.2 Å². The maximum atomic E-state index is 14.8. The van der Waals surface area contributed by atoms with Gasteiger partial charge < -0.3 is 10.6 Å². The third-order valence-corrected chi connectivity index (χ3v) is 5.71. The van der Waals surface area contributed by atoms with Gasteiger partial charge in [0.05, 0.1) is 28.6 Å². The van der Waals surface area contributed by atoms with Gasteiger partial charge in [0.25, 0.3) is 5.91 Å². The van der Waals surface area contributed by atoms with Gasteiger partial charge in [-0.25, -0.2) is 8.78 Å². The Morgan fingerprint density at radius 3 is 2.08 bits per heavy atom. The summed E-state index contributed by atoms with van der Waals surface area (Å²) in [4.78, 5) is 12.6. The summed E-state index contributed by atoms with van der Waals surface area (Å²) in [5.74, 6) is -2.75. The van der Waals surface area contributed by atoms with E-state index in [1.54, 1.807) is 5.32 Å². The fourth-order valence-corrected chi connectivity index (χ4v) is 3.78. The zero-order valence-corrected chi connectivity index (χ0v) is 20.2. The first-order valence-corrected chi connectivity index (χ1v) is 11.1. The van der Waals surface area contributed by atoms with Crippen molar-refractivity contribution in [2.45, 2.75) is 43.5 Å². The molecule has 0 radical (unpaired) electrons. The van der Waals surface area contributed by atoms with Crippen LogP contribution in [0.25, 0.3) is 0 Å². The molecule has 0 saturated heterocycles. The van der Waals surface area contributed by atoms with Crippen molar-refractivity contribution >= 4 is 33.2 Å². The molecule has 2 aromatic carbocycles. The van der Waals surface area contributed by atoms with Crippen LogP contribution in [0.5, 0.6) is 0 Å². The molecule has 0 aromatic heterocycles. The van der Waals surface area contributed by atoms with Crippen molar-refractivity contribution in [3.05, 3.63) is 57.3 Å². The van der Waals surface area contributed by atoms with Gasteiger partial charge in [-0.15, -0.1) is 0 Å². The Labute approximate surface area is 215 Å². The van der Waals surface area contributed by atoms with E-state index in [0.717, 1.165) is 12.1 Å². The molecular weight excluding hydrogens is 611 g/mol. The van der Waals surface area contributed by atoms with Crippen LogP contribution in [-0.2, 0) is 11.8 Å². The lowest BCUT2D eigenvalue weighted by molar-refractivity contribution is -0.348. The lowest BCUT2D eigenvalue weighted by Crippen LogP contribution is -2.50. The van der Waals surface area contributed by atoms with Crippen LogP contribution in [0, 0.1) is 17.1 Å². The predicted octanol–water partition coefficient (Wildman–Crippen LogP) is 8.25. The average molecular weight is 626 g/mol. The molecule has 16 heteroatoms. The summed E-state index contributed by atoms with van der Waals surface area (Å²) in [5.41, 5.74) is -13.3. The Hall–Kier alpha value is -3.09. The Morgan fingerprint density at radius 1 is 0.947 bits per heavy atom.